The number of hydrogen-bond donors (Lipinski definition) is 1. The molecule has 108 valence electrons. The van der Waals surface area contributed by atoms with Crippen LogP contribution in [0.4, 0.5) is 0 Å². The molecule has 0 saturated heterocycles. The van der Waals surface area contributed by atoms with Crippen LogP contribution in [0, 0.1) is 13.8 Å². The van der Waals surface area contributed by atoms with E-state index < -0.39 is 5.60 Å². The monoisotopic (exact) mass is 291 g/mol. The van der Waals surface area contributed by atoms with E-state index in [2.05, 4.69) is 24.9 Å². The lowest BCUT2D eigenvalue weighted by atomic mass is 10.1. The molecule has 2 aromatic rings. The van der Waals surface area contributed by atoms with Crippen LogP contribution < -0.4 is 4.74 Å². The number of nitrogens with zero attached hydrogens (tertiary/aromatic N) is 1. The molecule has 1 N–H and O–H groups in total. The summed E-state index contributed by atoms with van der Waals surface area (Å²) in [5.41, 5.74) is 1.60. The van der Waals surface area contributed by atoms with Gasteiger partial charge in [0.1, 0.15) is 5.75 Å². The van der Waals surface area contributed by atoms with Gasteiger partial charge in [-0.1, -0.05) is 6.07 Å². The van der Waals surface area contributed by atoms with Gasteiger partial charge in [0.25, 0.3) is 0 Å². The molecule has 0 fully saturated rings. The maximum absolute atomic E-state index is 9.91. The predicted octanol–water partition coefficient (Wildman–Crippen LogP) is 3.61. The molecule has 0 bridgehead atoms. The molecule has 4 heteroatoms. The third-order valence-corrected chi connectivity index (χ3v) is 4.31. The third kappa shape index (κ3) is 4.05. The molecule has 0 aliphatic carbocycles. The Labute approximate surface area is 124 Å². The second kappa shape index (κ2) is 5.94. The zero-order chi connectivity index (χ0) is 14.8. The van der Waals surface area contributed by atoms with Crippen molar-refractivity contribution in [3.63, 3.8) is 0 Å². The topological polar surface area (TPSA) is 42.4 Å². The first kappa shape index (κ1) is 15.0. The van der Waals surface area contributed by atoms with Crippen LogP contribution in [0.1, 0.15) is 34.9 Å². The maximum Gasteiger partial charge on any atom is 0.119 e. The Bertz CT molecular complexity index is 564. The van der Waals surface area contributed by atoms with Crippen molar-refractivity contribution in [2.75, 3.05) is 6.61 Å². The average Bonchev–Trinajstić information content (AvgIpc) is 2.76. The smallest absolute Gasteiger partial charge is 0.119 e. The number of ether oxygens (including phenoxy) is 1. The van der Waals surface area contributed by atoms with E-state index in [9.17, 15) is 5.11 Å². The van der Waals surface area contributed by atoms with Crippen molar-refractivity contribution in [1.29, 1.82) is 0 Å². The molecular formula is C16H21NO2S. The van der Waals surface area contributed by atoms with Gasteiger partial charge in [0, 0.05) is 12.6 Å². The maximum atomic E-state index is 9.91. The molecule has 0 radical (unpaired) electrons. The van der Waals surface area contributed by atoms with Gasteiger partial charge in [-0.2, -0.15) is 0 Å². The van der Waals surface area contributed by atoms with Crippen molar-refractivity contribution in [3.8, 4) is 5.75 Å². The summed E-state index contributed by atoms with van der Waals surface area (Å²) in [6.45, 7) is 8.28. The Morgan fingerprint density at radius 3 is 2.40 bits per heavy atom. The standard InChI is InChI=1S/C16H21NO2S/c1-11-7-12(2)9-13(8-11)19-6-5-15-17-10-14(20-15)16(3,4)18/h7-10,18H,5-6H2,1-4H3. The van der Waals surface area contributed by atoms with E-state index >= 15 is 0 Å². The Morgan fingerprint density at radius 1 is 1.20 bits per heavy atom. The molecule has 20 heavy (non-hydrogen) atoms. The number of thiazole rings is 1. The predicted molar refractivity (Wildman–Crippen MR) is 82.5 cm³/mol. The van der Waals surface area contributed by atoms with Gasteiger partial charge in [-0.3, -0.25) is 0 Å². The quantitative estimate of drug-likeness (QED) is 0.915. The highest BCUT2D eigenvalue weighted by molar-refractivity contribution is 7.11. The minimum atomic E-state index is -0.815. The fourth-order valence-corrected chi connectivity index (χ4v) is 2.88. The third-order valence-electron chi connectivity index (χ3n) is 2.94. The first-order valence-corrected chi connectivity index (χ1v) is 7.55. The SMILES string of the molecule is Cc1cc(C)cc(OCCc2ncc(C(C)(C)O)s2)c1. The first-order valence-electron chi connectivity index (χ1n) is 6.73. The van der Waals surface area contributed by atoms with Crippen LogP contribution in [-0.4, -0.2) is 16.7 Å². The summed E-state index contributed by atoms with van der Waals surface area (Å²) >= 11 is 1.54. The summed E-state index contributed by atoms with van der Waals surface area (Å²) in [5, 5.41) is 10.9. The number of benzene rings is 1. The largest absolute Gasteiger partial charge is 0.493 e. The highest BCUT2D eigenvalue weighted by atomic mass is 32.1. The van der Waals surface area contributed by atoms with E-state index in [1.807, 2.05) is 12.1 Å². The lowest BCUT2D eigenvalue weighted by molar-refractivity contribution is 0.0823. The second-order valence-electron chi connectivity index (χ2n) is 5.60. The highest BCUT2D eigenvalue weighted by Crippen LogP contribution is 2.26. The lowest BCUT2D eigenvalue weighted by Gasteiger charge is -2.13. The minimum absolute atomic E-state index is 0.599. The van der Waals surface area contributed by atoms with Gasteiger partial charge >= 0.3 is 0 Å². The number of aliphatic hydroxyl groups is 1. The van der Waals surface area contributed by atoms with E-state index in [-0.39, 0.29) is 0 Å². The van der Waals surface area contributed by atoms with Crippen molar-refractivity contribution in [2.24, 2.45) is 0 Å². The summed E-state index contributed by atoms with van der Waals surface area (Å²) in [7, 11) is 0. The van der Waals surface area contributed by atoms with Crippen LogP contribution in [-0.2, 0) is 12.0 Å². The van der Waals surface area contributed by atoms with Crippen LogP contribution in [0.15, 0.2) is 24.4 Å². The Kier molecular flexibility index (Phi) is 4.45. The Hall–Kier alpha value is -1.39. The van der Waals surface area contributed by atoms with Crippen molar-refractivity contribution in [2.45, 2.75) is 39.7 Å². The molecule has 1 aromatic heterocycles. The fourth-order valence-electron chi connectivity index (χ4n) is 1.98. The van der Waals surface area contributed by atoms with Gasteiger partial charge in [0.15, 0.2) is 0 Å². The van der Waals surface area contributed by atoms with Crippen molar-refractivity contribution >= 4 is 11.3 Å². The molecule has 0 unspecified atom stereocenters. The molecule has 1 heterocycles. The average molecular weight is 291 g/mol. The molecule has 3 nitrogen and oxygen atoms in total. The molecule has 0 atom stereocenters. The zero-order valence-corrected chi connectivity index (χ0v) is 13.3. The molecule has 2 rings (SSSR count). The van der Waals surface area contributed by atoms with Crippen molar-refractivity contribution in [3.05, 3.63) is 45.4 Å². The molecule has 0 saturated carbocycles. The number of aromatic nitrogens is 1. The van der Waals surface area contributed by atoms with E-state index in [0.29, 0.717) is 6.61 Å². The van der Waals surface area contributed by atoms with Crippen molar-refractivity contribution in [1.82, 2.24) is 4.98 Å². The van der Waals surface area contributed by atoms with Crippen molar-refractivity contribution < 1.29 is 9.84 Å². The van der Waals surface area contributed by atoms with Gasteiger partial charge in [0.2, 0.25) is 0 Å². The van der Waals surface area contributed by atoms with Crippen LogP contribution >= 0.6 is 11.3 Å². The van der Waals surface area contributed by atoms with Gasteiger partial charge in [-0.05, 0) is 51.0 Å². The highest BCUT2D eigenvalue weighted by Gasteiger charge is 2.19. The van der Waals surface area contributed by atoms with E-state index in [1.54, 1.807) is 31.4 Å². The number of rotatable bonds is 5. The summed E-state index contributed by atoms with van der Waals surface area (Å²) < 4.78 is 5.77. The van der Waals surface area contributed by atoms with E-state index in [0.717, 1.165) is 22.1 Å². The molecule has 0 spiro atoms. The molecule has 1 aromatic carbocycles. The molecule has 0 amide bonds. The van der Waals surface area contributed by atoms with Gasteiger partial charge in [-0.25, -0.2) is 4.98 Å². The molecule has 0 aliphatic rings. The summed E-state index contributed by atoms with van der Waals surface area (Å²) in [5.74, 6) is 0.904. The lowest BCUT2D eigenvalue weighted by Crippen LogP contribution is -2.12. The minimum Gasteiger partial charge on any atom is -0.493 e. The Balaban J connectivity index is 1.91. The summed E-state index contributed by atoms with van der Waals surface area (Å²) in [6.07, 6.45) is 2.50. The summed E-state index contributed by atoms with van der Waals surface area (Å²) in [4.78, 5) is 5.22. The number of aryl methyl sites for hydroxylation is 2. The molecule has 0 aliphatic heterocycles. The normalized spacial score (nSPS) is 11.7. The zero-order valence-electron chi connectivity index (χ0n) is 12.4. The first-order chi connectivity index (χ1) is 9.34. The van der Waals surface area contributed by atoms with Crippen LogP contribution in [0.2, 0.25) is 0 Å². The van der Waals surface area contributed by atoms with Gasteiger partial charge in [-0.15, -0.1) is 11.3 Å². The van der Waals surface area contributed by atoms with Gasteiger partial charge < -0.3 is 9.84 Å². The fraction of sp³-hybridized carbons (Fsp3) is 0.438. The second-order valence-corrected chi connectivity index (χ2v) is 6.71. The van der Waals surface area contributed by atoms with Crippen LogP contribution in [0.5, 0.6) is 5.75 Å². The Morgan fingerprint density at radius 2 is 1.85 bits per heavy atom. The molecular weight excluding hydrogens is 270 g/mol. The van der Waals surface area contributed by atoms with Crippen LogP contribution in [0.3, 0.4) is 0 Å². The summed E-state index contributed by atoms with van der Waals surface area (Å²) in [6, 6.07) is 6.21. The van der Waals surface area contributed by atoms with E-state index in [4.69, 9.17) is 4.74 Å². The van der Waals surface area contributed by atoms with Crippen LogP contribution in [0.25, 0.3) is 0 Å². The van der Waals surface area contributed by atoms with Gasteiger partial charge in [0.05, 0.1) is 22.1 Å². The number of hydrogen-bond acceptors (Lipinski definition) is 4. The van der Waals surface area contributed by atoms with E-state index in [1.165, 1.54) is 11.1 Å².